The van der Waals surface area contributed by atoms with E-state index in [0.717, 1.165) is 19.4 Å². The van der Waals surface area contributed by atoms with Gasteiger partial charge in [-0.25, -0.2) is 9.78 Å². The van der Waals surface area contributed by atoms with Gasteiger partial charge in [-0.3, -0.25) is 14.4 Å². The lowest BCUT2D eigenvalue weighted by molar-refractivity contribution is -0.140. The molecule has 2 amide bonds. The van der Waals surface area contributed by atoms with E-state index in [4.69, 9.17) is 21.7 Å². The number of aromatic amines is 1. The molecule has 2 aliphatic heterocycles. The summed E-state index contributed by atoms with van der Waals surface area (Å²) >= 11 is 0. The van der Waals surface area contributed by atoms with Crippen LogP contribution in [0, 0.1) is 0 Å². The van der Waals surface area contributed by atoms with E-state index in [1.807, 2.05) is 0 Å². The van der Waals surface area contributed by atoms with Crippen LogP contribution in [0.2, 0.25) is 0 Å². The van der Waals surface area contributed by atoms with Crippen molar-refractivity contribution in [2.45, 2.75) is 50.2 Å². The predicted octanol–water partition coefficient (Wildman–Crippen LogP) is -2.06. The normalized spacial score (nSPS) is 21.4. The summed E-state index contributed by atoms with van der Waals surface area (Å²) in [6, 6.07) is -1.55. The van der Waals surface area contributed by atoms with Crippen molar-refractivity contribution in [3.05, 3.63) is 18.2 Å². The molecule has 3 atom stereocenters. The summed E-state index contributed by atoms with van der Waals surface area (Å²) < 4.78 is 0. The van der Waals surface area contributed by atoms with E-state index < -0.39 is 24.0 Å². The molecule has 2 fully saturated rings. The molecule has 0 spiro atoms. The molecule has 0 saturated carbocycles. The minimum atomic E-state index is -1.01. The Balaban J connectivity index is 0.000000213. The highest BCUT2D eigenvalue weighted by Crippen LogP contribution is 2.05. The molecule has 0 bridgehead atoms. The van der Waals surface area contributed by atoms with Crippen LogP contribution in [0.15, 0.2) is 12.5 Å². The van der Waals surface area contributed by atoms with Crippen molar-refractivity contribution in [1.29, 1.82) is 0 Å². The number of hydrogen-bond donors (Lipinski definition) is 7. The van der Waals surface area contributed by atoms with Crippen molar-refractivity contribution in [2.24, 2.45) is 11.5 Å². The third-order valence-electron chi connectivity index (χ3n) is 4.00. The van der Waals surface area contributed by atoms with Gasteiger partial charge >= 0.3 is 11.9 Å². The van der Waals surface area contributed by atoms with E-state index in [-0.39, 0.29) is 24.3 Å². The maximum Gasteiger partial charge on any atom is 0.326 e. The van der Waals surface area contributed by atoms with E-state index in [2.05, 4.69) is 20.6 Å². The lowest BCUT2D eigenvalue weighted by atomic mass is 10.2. The zero-order valence-electron chi connectivity index (χ0n) is 15.3. The van der Waals surface area contributed by atoms with Crippen molar-refractivity contribution >= 4 is 23.8 Å². The molecule has 0 aliphatic carbocycles. The average molecular weight is 398 g/mol. The maximum absolute atomic E-state index is 10.4. The quantitative estimate of drug-likeness (QED) is 0.290. The van der Waals surface area contributed by atoms with Crippen LogP contribution in [0.25, 0.3) is 0 Å². The molecule has 28 heavy (non-hydrogen) atoms. The third-order valence-corrected chi connectivity index (χ3v) is 4.00. The number of carbonyl (C=O) groups excluding carboxylic acids is 2. The SMILES string of the molecule is NC(=O)[C@@H]1CCCN1.N[C@@H](Cc1c[nH]cn1)C(=O)O.O=C1CC[C@@H](C(=O)O)N1. The zero-order chi connectivity index (χ0) is 21.1. The fraction of sp³-hybridized carbons (Fsp3) is 0.562. The number of rotatable bonds is 5. The molecule has 0 unspecified atom stereocenters. The molecular weight excluding hydrogens is 372 g/mol. The summed E-state index contributed by atoms with van der Waals surface area (Å²) in [5.41, 5.74) is 10.9. The monoisotopic (exact) mass is 398 g/mol. The second-order valence-corrected chi connectivity index (χ2v) is 6.26. The molecule has 2 saturated heterocycles. The molecule has 156 valence electrons. The molecule has 2 aliphatic rings. The van der Waals surface area contributed by atoms with Crippen LogP contribution in [0.4, 0.5) is 0 Å². The van der Waals surface area contributed by atoms with Crippen molar-refractivity contribution in [3.63, 3.8) is 0 Å². The Labute approximate surface area is 161 Å². The van der Waals surface area contributed by atoms with Gasteiger partial charge in [-0.2, -0.15) is 0 Å². The zero-order valence-corrected chi connectivity index (χ0v) is 15.3. The van der Waals surface area contributed by atoms with Gasteiger partial charge in [-0.1, -0.05) is 0 Å². The molecular formula is C16H26N6O6. The van der Waals surface area contributed by atoms with Gasteiger partial charge in [0.15, 0.2) is 0 Å². The summed E-state index contributed by atoms with van der Waals surface area (Å²) in [6.07, 6.45) is 6.14. The van der Waals surface area contributed by atoms with Gasteiger partial charge in [-0.15, -0.1) is 0 Å². The summed E-state index contributed by atoms with van der Waals surface area (Å²) in [7, 11) is 0. The van der Waals surface area contributed by atoms with Gasteiger partial charge in [0.05, 0.1) is 18.1 Å². The number of amides is 2. The van der Waals surface area contributed by atoms with Crippen LogP contribution in [-0.2, 0) is 25.6 Å². The van der Waals surface area contributed by atoms with Crippen LogP contribution in [0.3, 0.4) is 0 Å². The van der Waals surface area contributed by atoms with E-state index in [1.165, 1.54) is 6.33 Å². The minimum Gasteiger partial charge on any atom is -0.480 e. The number of aliphatic carboxylic acids is 2. The van der Waals surface area contributed by atoms with Crippen molar-refractivity contribution in [2.75, 3.05) is 6.54 Å². The second kappa shape index (κ2) is 11.7. The Hall–Kier alpha value is -2.99. The lowest BCUT2D eigenvalue weighted by Crippen LogP contribution is -2.36. The molecule has 0 aromatic carbocycles. The van der Waals surface area contributed by atoms with Crippen LogP contribution < -0.4 is 22.1 Å². The number of nitrogens with zero attached hydrogens (tertiary/aromatic N) is 1. The fourth-order valence-electron chi connectivity index (χ4n) is 2.44. The topological polar surface area (TPSA) is 214 Å². The lowest BCUT2D eigenvalue weighted by Gasteiger charge is -2.01. The van der Waals surface area contributed by atoms with Gasteiger partial charge in [0, 0.05) is 19.0 Å². The third kappa shape index (κ3) is 8.60. The van der Waals surface area contributed by atoms with Crippen LogP contribution in [0.5, 0.6) is 0 Å². The van der Waals surface area contributed by atoms with Crippen LogP contribution >= 0.6 is 0 Å². The number of aromatic nitrogens is 2. The van der Waals surface area contributed by atoms with E-state index in [9.17, 15) is 19.2 Å². The highest BCUT2D eigenvalue weighted by atomic mass is 16.4. The Morgan fingerprint density at radius 2 is 1.96 bits per heavy atom. The number of nitrogens with one attached hydrogen (secondary N) is 3. The number of H-pyrrole nitrogens is 1. The first-order chi connectivity index (χ1) is 13.2. The van der Waals surface area contributed by atoms with Gasteiger partial charge in [0.25, 0.3) is 0 Å². The smallest absolute Gasteiger partial charge is 0.326 e. The largest absolute Gasteiger partial charge is 0.480 e. The number of carbonyl (C=O) groups is 4. The first-order valence-electron chi connectivity index (χ1n) is 8.71. The number of carboxylic acids is 2. The van der Waals surface area contributed by atoms with E-state index in [0.29, 0.717) is 18.5 Å². The standard InChI is InChI=1S/C6H9N3O2.C5H10N2O.C5H7NO3/c7-5(6(10)11)1-4-2-8-3-9-4;6-5(8)4-2-1-3-7-4;7-4-2-1-3(6-4)5(8)9/h2-3,5H,1,7H2,(H,8,9)(H,10,11);4,7H,1-3H2,(H2,6,8);3H,1-2H2,(H,6,7)(H,8,9)/t5-;4-;3-/m000/s1. The van der Waals surface area contributed by atoms with Crippen molar-refractivity contribution in [1.82, 2.24) is 20.6 Å². The Bertz CT molecular complexity index is 659. The highest BCUT2D eigenvalue weighted by molar-refractivity contribution is 5.87. The minimum absolute atomic E-state index is 0.0463. The number of hydrogen-bond acceptors (Lipinski definition) is 7. The second-order valence-electron chi connectivity index (χ2n) is 6.26. The summed E-state index contributed by atoms with van der Waals surface area (Å²) in [5, 5.41) is 22.0. The summed E-state index contributed by atoms with van der Waals surface area (Å²) in [4.78, 5) is 47.7. The van der Waals surface area contributed by atoms with Crippen molar-refractivity contribution < 1.29 is 29.4 Å². The molecule has 1 aromatic rings. The molecule has 9 N–H and O–H groups in total. The molecule has 0 radical (unpaired) electrons. The van der Waals surface area contributed by atoms with Gasteiger partial charge < -0.3 is 37.3 Å². The molecule has 12 nitrogen and oxygen atoms in total. The number of nitrogens with two attached hydrogens (primary N) is 2. The average Bonchev–Trinajstić information content (AvgIpc) is 3.38. The van der Waals surface area contributed by atoms with Crippen LogP contribution in [-0.4, -0.2) is 68.6 Å². The molecule has 3 heterocycles. The first-order valence-corrected chi connectivity index (χ1v) is 8.71. The summed E-state index contributed by atoms with van der Waals surface area (Å²) in [6.45, 7) is 0.938. The molecule has 3 rings (SSSR count). The van der Waals surface area contributed by atoms with Gasteiger partial charge in [0.1, 0.15) is 12.1 Å². The predicted molar refractivity (Wildman–Crippen MR) is 96.9 cm³/mol. The Morgan fingerprint density at radius 1 is 1.25 bits per heavy atom. The van der Waals surface area contributed by atoms with Crippen molar-refractivity contribution in [3.8, 4) is 0 Å². The first kappa shape index (κ1) is 23.0. The Kier molecular flexibility index (Phi) is 9.60. The fourth-order valence-corrected chi connectivity index (χ4v) is 2.44. The van der Waals surface area contributed by atoms with E-state index in [1.54, 1.807) is 6.20 Å². The summed E-state index contributed by atoms with van der Waals surface area (Å²) in [5.74, 6) is -2.33. The highest BCUT2D eigenvalue weighted by Gasteiger charge is 2.26. The number of primary amides is 1. The molecule has 1 aromatic heterocycles. The maximum atomic E-state index is 10.4. The number of carboxylic acid groups (broad SMARTS) is 2. The molecule has 12 heteroatoms. The number of imidazole rings is 1. The Morgan fingerprint density at radius 3 is 2.29 bits per heavy atom. The van der Waals surface area contributed by atoms with Gasteiger partial charge in [-0.05, 0) is 25.8 Å². The van der Waals surface area contributed by atoms with Crippen LogP contribution in [0.1, 0.15) is 31.4 Å². The van der Waals surface area contributed by atoms with Gasteiger partial charge in [0.2, 0.25) is 11.8 Å². The van der Waals surface area contributed by atoms with E-state index >= 15 is 0 Å².